The number of nitrogens with zero attached hydrogens (tertiary/aromatic N) is 3. The summed E-state index contributed by atoms with van der Waals surface area (Å²) in [6, 6.07) is 0.142. The Bertz CT molecular complexity index is 729. The Morgan fingerprint density at radius 1 is 1.57 bits per heavy atom. The van der Waals surface area contributed by atoms with E-state index in [0.29, 0.717) is 30.7 Å². The highest BCUT2D eigenvalue weighted by molar-refractivity contribution is 5.68. The molecule has 4 heterocycles. The summed E-state index contributed by atoms with van der Waals surface area (Å²) in [5, 5.41) is 0. The van der Waals surface area contributed by atoms with Gasteiger partial charge in [-0.15, -0.1) is 0 Å². The minimum absolute atomic E-state index is 0.142. The molecule has 2 aliphatic rings. The fraction of sp³-hybridized carbons (Fsp3) is 0.615. The molecule has 0 radical (unpaired) electrons. The van der Waals surface area contributed by atoms with Crippen molar-refractivity contribution in [2.24, 2.45) is 0 Å². The zero-order valence-corrected chi connectivity index (χ0v) is 11.4. The van der Waals surface area contributed by atoms with Crippen LogP contribution in [0.1, 0.15) is 19.3 Å². The molecule has 2 aliphatic heterocycles. The average molecular weight is 293 g/mol. The molecule has 0 aromatic carbocycles. The van der Waals surface area contributed by atoms with E-state index < -0.39 is 6.17 Å². The number of aromatic amines is 2. The molecule has 21 heavy (non-hydrogen) atoms. The molecule has 2 fully saturated rings. The van der Waals surface area contributed by atoms with Crippen LogP contribution in [-0.4, -0.2) is 56.2 Å². The van der Waals surface area contributed by atoms with E-state index in [4.69, 9.17) is 4.74 Å². The SMILES string of the molecule is O=c1[nH]c(OC[C@@]23CCCN2C[C@H](F)C3)nc2nc[nH]c12. The summed E-state index contributed by atoms with van der Waals surface area (Å²) in [4.78, 5) is 27.4. The number of hydrogen-bond donors (Lipinski definition) is 2. The number of halogens is 1. The molecule has 4 rings (SSSR count). The summed E-state index contributed by atoms with van der Waals surface area (Å²) in [5.41, 5.74) is 0.0819. The predicted octanol–water partition coefficient (Wildman–Crippen LogP) is 0.601. The van der Waals surface area contributed by atoms with Crippen molar-refractivity contribution in [3.05, 3.63) is 16.7 Å². The molecule has 0 saturated carbocycles. The fourth-order valence-corrected chi connectivity index (χ4v) is 3.54. The maximum absolute atomic E-state index is 13.7. The van der Waals surface area contributed by atoms with E-state index in [0.717, 1.165) is 19.4 Å². The number of imidazole rings is 1. The zero-order valence-electron chi connectivity index (χ0n) is 11.4. The maximum atomic E-state index is 13.7. The van der Waals surface area contributed by atoms with E-state index in [1.807, 2.05) is 0 Å². The number of alkyl halides is 1. The Hall–Kier alpha value is -1.96. The van der Waals surface area contributed by atoms with Crippen LogP contribution in [0.2, 0.25) is 0 Å². The van der Waals surface area contributed by atoms with Gasteiger partial charge in [0.1, 0.15) is 12.8 Å². The Morgan fingerprint density at radius 2 is 2.48 bits per heavy atom. The van der Waals surface area contributed by atoms with Crippen molar-refractivity contribution in [1.82, 2.24) is 24.8 Å². The largest absolute Gasteiger partial charge is 0.463 e. The number of hydrogen-bond acceptors (Lipinski definition) is 5. The minimum atomic E-state index is -0.797. The highest BCUT2D eigenvalue weighted by atomic mass is 19.1. The van der Waals surface area contributed by atoms with Gasteiger partial charge in [-0.25, -0.2) is 9.37 Å². The Labute approximate surface area is 119 Å². The number of ether oxygens (including phenoxy) is 1. The van der Waals surface area contributed by atoms with Gasteiger partial charge in [0, 0.05) is 13.0 Å². The summed E-state index contributed by atoms with van der Waals surface area (Å²) in [5.74, 6) is 0. The van der Waals surface area contributed by atoms with Crippen molar-refractivity contribution in [3.63, 3.8) is 0 Å². The third-order valence-corrected chi connectivity index (χ3v) is 4.51. The Kier molecular flexibility index (Phi) is 2.75. The van der Waals surface area contributed by atoms with Gasteiger partial charge in [0.2, 0.25) is 0 Å². The van der Waals surface area contributed by atoms with Gasteiger partial charge in [-0.05, 0) is 19.4 Å². The Balaban J connectivity index is 1.56. The first-order chi connectivity index (χ1) is 10.2. The third kappa shape index (κ3) is 2.01. The summed E-state index contributed by atoms with van der Waals surface area (Å²) in [6.45, 7) is 1.73. The van der Waals surface area contributed by atoms with Gasteiger partial charge < -0.3 is 9.72 Å². The number of H-pyrrole nitrogens is 2. The van der Waals surface area contributed by atoms with E-state index in [2.05, 4.69) is 24.8 Å². The number of fused-ring (bicyclic) bond motifs is 2. The van der Waals surface area contributed by atoms with Gasteiger partial charge in [-0.2, -0.15) is 4.98 Å². The van der Waals surface area contributed by atoms with E-state index in [1.165, 1.54) is 6.33 Å². The predicted molar refractivity (Wildman–Crippen MR) is 73.1 cm³/mol. The van der Waals surface area contributed by atoms with Crippen molar-refractivity contribution in [3.8, 4) is 6.01 Å². The van der Waals surface area contributed by atoms with Crippen LogP contribution in [0.4, 0.5) is 4.39 Å². The monoisotopic (exact) mass is 293 g/mol. The van der Waals surface area contributed by atoms with Gasteiger partial charge in [-0.1, -0.05) is 0 Å². The molecule has 7 nitrogen and oxygen atoms in total. The second-order valence-electron chi connectivity index (χ2n) is 5.84. The van der Waals surface area contributed by atoms with Gasteiger partial charge in [-0.3, -0.25) is 14.7 Å². The normalized spacial score (nSPS) is 29.1. The van der Waals surface area contributed by atoms with Crippen LogP contribution in [-0.2, 0) is 0 Å². The molecule has 112 valence electrons. The van der Waals surface area contributed by atoms with Gasteiger partial charge in [0.15, 0.2) is 11.2 Å². The molecule has 0 spiro atoms. The standard InChI is InChI=1S/C13H16FN5O2/c14-8-4-13(2-1-3-19(13)5-8)6-21-12-17-10-9(11(20)18-12)15-7-16-10/h7-8H,1-6H2,(H2,15,16,17,18,20)/t8-,13+/m1/s1. The molecule has 2 atom stereocenters. The third-order valence-electron chi connectivity index (χ3n) is 4.51. The van der Waals surface area contributed by atoms with E-state index in [-0.39, 0.29) is 17.1 Å². The summed E-state index contributed by atoms with van der Waals surface area (Å²) in [7, 11) is 0. The number of aromatic nitrogens is 4. The Morgan fingerprint density at radius 3 is 3.38 bits per heavy atom. The molecule has 2 N–H and O–H groups in total. The molecule has 0 bridgehead atoms. The molecule has 2 aromatic rings. The van der Waals surface area contributed by atoms with Crippen molar-refractivity contribution in [2.45, 2.75) is 31.0 Å². The quantitative estimate of drug-likeness (QED) is 0.865. The first-order valence-electron chi connectivity index (χ1n) is 7.12. The number of nitrogens with one attached hydrogen (secondary N) is 2. The molecule has 0 amide bonds. The number of rotatable bonds is 3. The fourth-order valence-electron chi connectivity index (χ4n) is 3.54. The molecular formula is C13H16FN5O2. The topological polar surface area (TPSA) is 86.9 Å². The van der Waals surface area contributed by atoms with Crippen molar-refractivity contribution >= 4 is 11.2 Å². The van der Waals surface area contributed by atoms with Gasteiger partial charge >= 0.3 is 0 Å². The summed E-state index contributed by atoms with van der Waals surface area (Å²) < 4.78 is 19.3. The van der Waals surface area contributed by atoms with E-state index in [9.17, 15) is 9.18 Å². The second-order valence-corrected chi connectivity index (χ2v) is 5.84. The minimum Gasteiger partial charge on any atom is -0.463 e. The van der Waals surface area contributed by atoms with Crippen LogP contribution in [0, 0.1) is 0 Å². The van der Waals surface area contributed by atoms with Crippen LogP contribution in [0.5, 0.6) is 6.01 Å². The van der Waals surface area contributed by atoms with Crippen molar-refractivity contribution in [1.29, 1.82) is 0 Å². The van der Waals surface area contributed by atoms with E-state index in [1.54, 1.807) is 0 Å². The van der Waals surface area contributed by atoms with Crippen LogP contribution in [0.25, 0.3) is 11.2 Å². The molecule has 0 aliphatic carbocycles. The van der Waals surface area contributed by atoms with Crippen molar-refractivity contribution in [2.75, 3.05) is 19.7 Å². The molecule has 8 heteroatoms. The first-order valence-corrected chi connectivity index (χ1v) is 7.12. The van der Waals surface area contributed by atoms with Gasteiger partial charge in [0.05, 0.1) is 11.9 Å². The van der Waals surface area contributed by atoms with Crippen LogP contribution in [0.3, 0.4) is 0 Å². The van der Waals surface area contributed by atoms with Crippen molar-refractivity contribution < 1.29 is 9.13 Å². The summed E-state index contributed by atoms with van der Waals surface area (Å²) in [6.07, 6.45) is 3.08. The molecule has 2 saturated heterocycles. The van der Waals surface area contributed by atoms with Crippen LogP contribution >= 0.6 is 0 Å². The maximum Gasteiger partial charge on any atom is 0.298 e. The van der Waals surface area contributed by atoms with Crippen LogP contribution in [0.15, 0.2) is 11.1 Å². The van der Waals surface area contributed by atoms with Crippen LogP contribution < -0.4 is 10.3 Å². The highest BCUT2D eigenvalue weighted by Crippen LogP contribution is 2.40. The zero-order chi connectivity index (χ0) is 14.4. The molecule has 2 aromatic heterocycles. The summed E-state index contributed by atoms with van der Waals surface area (Å²) >= 11 is 0. The molecular weight excluding hydrogens is 277 g/mol. The lowest BCUT2D eigenvalue weighted by Gasteiger charge is -2.30. The lowest BCUT2D eigenvalue weighted by atomic mass is 9.95. The lowest BCUT2D eigenvalue weighted by Crippen LogP contribution is -2.43. The lowest BCUT2D eigenvalue weighted by molar-refractivity contribution is 0.107. The first kappa shape index (κ1) is 12.8. The average Bonchev–Trinajstić information content (AvgIpc) is 3.10. The van der Waals surface area contributed by atoms with E-state index >= 15 is 0 Å². The molecule has 0 unspecified atom stereocenters. The second kappa shape index (κ2) is 4.52. The smallest absolute Gasteiger partial charge is 0.298 e. The van der Waals surface area contributed by atoms with Gasteiger partial charge in [0.25, 0.3) is 11.6 Å². The highest BCUT2D eigenvalue weighted by Gasteiger charge is 2.49.